The Morgan fingerprint density at radius 1 is 1.03 bits per heavy atom. The third-order valence-corrected chi connectivity index (χ3v) is 5.90. The van der Waals surface area contributed by atoms with E-state index < -0.39 is 0 Å². The SMILES string of the molecule is Cc1nc2ccc(-c3cc(C)c4c(c3)CN(C(=O)N3CCCC3)CCO4)cc2[nH]1. The standard InChI is InChI=1S/C23H26N4O2/c1-15-11-18(17-5-6-20-21(13-17)25-16(2)24-20)12-19-14-27(9-10-29-22(15)19)23(28)26-7-3-4-8-26/h5-6,11-13H,3-4,7-10,14H2,1-2H3,(H,24,25). The maximum Gasteiger partial charge on any atom is 0.320 e. The zero-order chi connectivity index (χ0) is 20.0. The summed E-state index contributed by atoms with van der Waals surface area (Å²) >= 11 is 0. The quantitative estimate of drug-likeness (QED) is 0.675. The van der Waals surface area contributed by atoms with E-state index in [-0.39, 0.29) is 6.03 Å². The summed E-state index contributed by atoms with van der Waals surface area (Å²) in [5.74, 6) is 1.84. The summed E-state index contributed by atoms with van der Waals surface area (Å²) in [7, 11) is 0. The summed E-state index contributed by atoms with van der Waals surface area (Å²) in [5.41, 5.74) is 6.46. The molecule has 0 spiro atoms. The van der Waals surface area contributed by atoms with Gasteiger partial charge in [0.05, 0.1) is 24.1 Å². The van der Waals surface area contributed by atoms with E-state index in [1.807, 2.05) is 16.7 Å². The van der Waals surface area contributed by atoms with Gasteiger partial charge in [-0.3, -0.25) is 0 Å². The van der Waals surface area contributed by atoms with E-state index in [1.54, 1.807) is 0 Å². The summed E-state index contributed by atoms with van der Waals surface area (Å²) in [6.45, 7) is 7.53. The van der Waals surface area contributed by atoms with Crippen molar-refractivity contribution in [3.8, 4) is 16.9 Å². The number of aromatic amines is 1. The molecule has 2 aliphatic heterocycles. The number of aromatic nitrogens is 2. The molecule has 0 atom stereocenters. The van der Waals surface area contributed by atoms with Gasteiger partial charge >= 0.3 is 6.03 Å². The smallest absolute Gasteiger partial charge is 0.320 e. The average molecular weight is 390 g/mol. The molecule has 6 heteroatoms. The van der Waals surface area contributed by atoms with Crippen molar-refractivity contribution in [2.45, 2.75) is 33.2 Å². The number of urea groups is 1. The Labute approximate surface area is 170 Å². The number of hydrogen-bond acceptors (Lipinski definition) is 3. The Bertz CT molecular complexity index is 1080. The second kappa shape index (κ2) is 7.10. The largest absolute Gasteiger partial charge is 0.491 e. The maximum atomic E-state index is 12.9. The van der Waals surface area contributed by atoms with Crippen LogP contribution in [0.3, 0.4) is 0 Å². The van der Waals surface area contributed by atoms with Crippen molar-refractivity contribution in [3.63, 3.8) is 0 Å². The summed E-state index contributed by atoms with van der Waals surface area (Å²) in [5, 5.41) is 0. The molecule has 1 fully saturated rings. The number of hydrogen-bond donors (Lipinski definition) is 1. The van der Waals surface area contributed by atoms with Crippen molar-refractivity contribution in [3.05, 3.63) is 47.3 Å². The Kier molecular flexibility index (Phi) is 4.42. The summed E-state index contributed by atoms with van der Waals surface area (Å²) < 4.78 is 6.06. The van der Waals surface area contributed by atoms with Gasteiger partial charge in [-0.2, -0.15) is 0 Å². The molecule has 2 aliphatic rings. The van der Waals surface area contributed by atoms with Gasteiger partial charge < -0.3 is 19.5 Å². The van der Waals surface area contributed by atoms with Gasteiger partial charge in [-0.05, 0) is 67.6 Å². The van der Waals surface area contributed by atoms with Crippen LogP contribution in [0.5, 0.6) is 5.75 Å². The average Bonchev–Trinajstić information content (AvgIpc) is 3.31. The molecule has 3 aromatic rings. The van der Waals surface area contributed by atoms with Crippen LogP contribution < -0.4 is 4.74 Å². The number of rotatable bonds is 1. The fraction of sp³-hybridized carbons (Fsp3) is 0.391. The fourth-order valence-electron chi connectivity index (χ4n) is 4.47. The second-order valence-electron chi connectivity index (χ2n) is 8.08. The Balaban J connectivity index is 1.50. The first-order chi connectivity index (χ1) is 14.1. The van der Waals surface area contributed by atoms with E-state index in [9.17, 15) is 4.79 Å². The zero-order valence-corrected chi connectivity index (χ0v) is 17.0. The van der Waals surface area contributed by atoms with Gasteiger partial charge in [0.2, 0.25) is 0 Å². The number of likely N-dealkylation sites (tertiary alicyclic amines) is 1. The Morgan fingerprint density at radius 3 is 2.69 bits per heavy atom. The van der Waals surface area contributed by atoms with Crippen LogP contribution in [0.15, 0.2) is 30.3 Å². The molecule has 0 bridgehead atoms. The molecule has 1 N–H and O–H groups in total. The van der Waals surface area contributed by atoms with Crippen LogP contribution in [0.4, 0.5) is 4.79 Å². The van der Waals surface area contributed by atoms with Gasteiger partial charge in [0.25, 0.3) is 0 Å². The number of aryl methyl sites for hydroxylation is 2. The van der Waals surface area contributed by atoms with Crippen LogP contribution in [0, 0.1) is 13.8 Å². The minimum absolute atomic E-state index is 0.136. The lowest BCUT2D eigenvalue weighted by atomic mass is 9.98. The van der Waals surface area contributed by atoms with Gasteiger partial charge in [0.15, 0.2) is 0 Å². The minimum Gasteiger partial charge on any atom is -0.491 e. The predicted octanol–water partition coefficient (Wildman–Crippen LogP) is 4.26. The van der Waals surface area contributed by atoms with E-state index in [4.69, 9.17) is 4.74 Å². The molecule has 1 saturated heterocycles. The molecule has 0 saturated carbocycles. The molecular formula is C23H26N4O2. The highest BCUT2D eigenvalue weighted by molar-refractivity contribution is 5.82. The lowest BCUT2D eigenvalue weighted by molar-refractivity contribution is 0.154. The van der Waals surface area contributed by atoms with Crippen LogP contribution >= 0.6 is 0 Å². The minimum atomic E-state index is 0.136. The van der Waals surface area contributed by atoms with Crippen molar-refractivity contribution in [2.24, 2.45) is 0 Å². The Hall–Kier alpha value is -3.02. The number of nitrogens with one attached hydrogen (secondary N) is 1. The van der Waals surface area contributed by atoms with Crippen molar-refractivity contribution < 1.29 is 9.53 Å². The summed E-state index contributed by atoms with van der Waals surface area (Å²) in [6, 6.07) is 10.8. The molecule has 0 radical (unpaired) electrons. The zero-order valence-electron chi connectivity index (χ0n) is 17.0. The van der Waals surface area contributed by atoms with Crippen LogP contribution in [0.1, 0.15) is 29.8 Å². The van der Waals surface area contributed by atoms with Crippen LogP contribution in [-0.4, -0.2) is 52.0 Å². The predicted molar refractivity (Wildman–Crippen MR) is 113 cm³/mol. The van der Waals surface area contributed by atoms with Gasteiger partial charge in [-0.25, -0.2) is 9.78 Å². The second-order valence-corrected chi connectivity index (χ2v) is 8.08. The van der Waals surface area contributed by atoms with Crippen molar-refractivity contribution in [2.75, 3.05) is 26.2 Å². The molecular weight excluding hydrogens is 364 g/mol. The van der Waals surface area contributed by atoms with Gasteiger partial charge in [-0.1, -0.05) is 6.07 Å². The molecule has 29 heavy (non-hydrogen) atoms. The van der Waals surface area contributed by atoms with Crippen LogP contribution in [0.2, 0.25) is 0 Å². The van der Waals surface area contributed by atoms with Crippen molar-refractivity contribution >= 4 is 17.1 Å². The van der Waals surface area contributed by atoms with E-state index >= 15 is 0 Å². The summed E-state index contributed by atoms with van der Waals surface area (Å²) in [6.07, 6.45) is 2.21. The molecule has 1 aromatic heterocycles. The first-order valence-corrected chi connectivity index (χ1v) is 10.4. The van der Waals surface area contributed by atoms with E-state index in [1.165, 1.54) is 0 Å². The Morgan fingerprint density at radius 2 is 1.86 bits per heavy atom. The molecule has 2 amide bonds. The molecule has 2 aromatic carbocycles. The van der Waals surface area contributed by atoms with E-state index in [0.29, 0.717) is 19.7 Å². The van der Waals surface area contributed by atoms with E-state index in [2.05, 4.69) is 47.2 Å². The molecule has 0 unspecified atom stereocenters. The first kappa shape index (κ1) is 18.0. The third-order valence-electron chi connectivity index (χ3n) is 5.90. The fourth-order valence-corrected chi connectivity index (χ4v) is 4.47. The van der Waals surface area contributed by atoms with E-state index in [0.717, 1.165) is 70.8 Å². The lowest BCUT2D eigenvalue weighted by Crippen LogP contribution is -2.42. The number of imidazole rings is 1. The van der Waals surface area contributed by atoms with Crippen LogP contribution in [-0.2, 0) is 6.54 Å². The highest BCUT2D eigenvalue weighted by atomic mass is 16.5. The number of H-pyrrole nitrogens is 1. The number of benzene rings is 2. The highest BCUT2D eigenvalue weighted by Gasteiger charge is 2.27. The number of amides is 2. The number of nitrogens with zero attached hydrogens (tertiary/aromatic N) is 3. The van der Waals surface area contributed by atoms with Gasteiger partial charge in [-0.15, -0.1) is 0 Å². The number of carbonyl (C=O) groups is 1. The maximum absolute atomic E-state index is 12.9. The molecule has 150 valence electrons. The molecule has 3 heterocycles. The highest BCUT2D eigenvalue weighted by Crippen LogP contribution is 2.34. The van der Waals surface area contributed by atoms with Crippen molar-refractivity contribution in [1.82, 2.24) is 19.8 Å². The lowest BCUT2D eigenvalue weighted by Gasteiger charge is -2.26. The van der Waals surface area contributed by atoms with Crippen molar-refractivity contribution in [1.29, 1.82) is 0 Å². The number of fused-ring (bicyclic) bond motifs is 2. The normalized spacial score (nSPS) is 16.6. The molecule has 0 aliphatic carbocycles. The number of carbonyl (C=O) groups excluding carboxylic acids is 1. The molecule has 6 nitrogen and oxygen atoms in total. The van der Waals surface area contributed by atoms with Gasteiger partial charge in [0.1, 0.15) is 18.2 Å². The number of ether oxygens (including phenoxy) is 1. The monoisotopic (exact) mass is 390 g/mol. The summed E-state index contributed by atoms with van der Waals surface area (Å²) in [4.78, 5) is 24.6. The first-order valence-electron chi connectivity index (χ1n) is 10.4. The van der Waals surface area contributed by atoms with Crippen LogP contribution in [0.25, 0.3) is 22.2 Å². The topological polar surface area (TPSA) is 61.5 Å². The van der Waals surface area contributed by atoms with Gasteiger partial charge in [0, 0.05) is 18.7 Å². The molecule has 5 rings (SSSR count). The third kappa shape index (κ3) is 3.33.